The standard InChI is InChI=1S/C67H41N5O2/c1-4-16-42(17-5-1)51-36-52(43-18-6-2-7-19-43)38-53(37-51)59-41-58(68-64(69-59)44-20-8-3-9-21-44)47-24-14-22-45(34-47)46-23-15-25-48(35-46)65-70-66(49-30-32-56-54-26-10-12-28-60(54)73-62(56)39-49)72-67(71-65)50-31-33-57-55-27-11-13-29-61(55)74-63(57)40-50/h1-41H. The number of benzene rings is 10. The van der Waals surface area contributed by atoms with Crippen LogP contribution in [0.15, 0.2) is 258 Å². The zero-order valence-corrected chi connectivity index (χ0v) is 39.7. The van der Waals surface area contributed by atoms with E-state index in [1.807, 2.05) is 66.7 Å². The zero-order chi connectivity index (χ0) is 49.0. The molecule has 346 valence electrons. The lowest BCUT2D eigenvalue weighted by Crippen LogP contribution is -2.00. The molecule has 0 amide bonds. The van der Waals surface area contributed by atoms with Gasteiger partial charge in [0.05, 0.1) is 11.4 Å². The van der Waals surface area contributed by atoms with Crippen molar-refractivity contribution in [1.29, 1.82) is 0 Å². The van der Waals surface area contributed by atoms with Crippen LogP contribution in [-0.2, 0) is 0 Å². The quantitative estimate of drug-likeness (QED) is 0.142. The highest BCUT2D eigenvalue weighted by atomic mass is 16.3. The molecule has 0 aliphatic carbocycles. The van der Waals surface area contributed by atoms with Gasteiger partial charge in [0.2, 0.25) is 0 Å². The molecule has 0 atom stereocenters. The van der Waals surface area contributed by atoms with Crippen LogP contribution in [0.4, 0.5) is 0 Å². The van der Waals surface area contributed by atoms with Gasteiger partial charge in [-0.1, -0.05) is 176 Å². The Morgan fingerprint density at radius 3 is 1.07 bits per heavy atom. The molecule has 0 aliphatic heterocycles. The van der Waals surface area contributed by atoms with Crippen LogP contribution in [0.1, 0.15) is 0 Å². The van der Waals surface area contributed by atoms with Gasteiger partial charge in [-0.3, -0.25) is 0 Å². The van der Waals surface area contributed by atoms with Crippen LogP contribution in [0.5, 0.6) is 0 Å². The number of fused-ring (bicyclic) bond motifs is 6. The van der Waals surface area contributed by atoms with E-state index in [0.29, 0.717) is 23.3 Å². The van der Waals surface area contributed by atoms with E-state index in [1.165, 1.54) is 0 Å². The number of hydrogen-bond donors (Lipinski definition) is 0. The summed E-state index contributed by atoms with van der Waals surface area (Å²) in [6.07, 6.45) is 0. The maximum Gasteiger partial charge on any atom is 0.164 e. The fraction of sp³-hybridized carbons (Fsp3) is 0. The Labute approximate surface area is 425 Å². The van der Waals surface area contributed by atoms with E-state index in [2.05, 4.69) is 182 Å². The summed E-state index contributed by atoms with van der Waals surface area (Å²) in [7, 11) is 0. The minimum Gasteiger partial charge on any atom is -0.456 e. The molecular weight excluding hydrogens is 907 g/mol. The van der Waals surface area contributed by atoms with Crippen LogP contribution in [0.3, 0.4) is 0 Å². The van der Waals surface area contributed by atoms with Gasteiger partial charge in [0.25, 0.3) is 0 Å². The van der Waals surface area contributed by atoms with E-state index in [9.17, 15) is 0 Å². The molecule has 0 N–H and O–H groups in total. The Balaban J connectivity index is 0.879. The van der Waals surface area contributed by atoms with Crippen LogP contribution in [-0.4, -0.2) is 24.9 Å². The fourth-order valence-corrected chi connectivity index (χ4v) is 10.0. The summed E-state index contributed by atoms with van der Waals surface area (Å²) < 4.78 is 12.7. The molecule has 4 aromatic heterocycles. The van der Waals surface area contributed by atoms with Crippen molar-refractivity contribution in [1.82, 2.24) is 24.9 Å². The van der Waals surface area contributed by atoms with Gasteiger partial charge in [-0.15, -0.1) is 0 Å². The second kappa shape index (κ2) is 17.9. The van der Waals surface area contributed by atoms with Crippen LogP contribution in [0, 0.1) is 0 Å². The van der Waals surface area contributed by atoms with E-state index >= 15 is 0 Å². The lowest BCUT2D eigenvalue weighted by Gasteiger charge is -2.14. The van der Waals surface area contributed by atoms with Crippen molar-refractivity contribution >= 4 is 43.9 Å². The minimum absolute atomic E-state index is 0.531. The number of aromatic nitrogens is 5. The molecule has 10 aromatic carbocycles. The van der Waals surface area contributed by atoms with Gasteiger partial charge < -0.3 is 8.83 Å². The third-order valence-corrected chi connectivity index (χ3v) is 13.7. The topological polar surface area (TPSA) is 90.7 Å². The minimum atomic E-state index is 0.531. The highest BCUT2D eigenvalue weighted by Crippen LogP contribution is 2.38. The molecule has 7 heteroatoms. The van der Waals surface area contributed by atoms with Crippen molar-refractivity contribution in [2.45, 2.75) is 0 Å². The molecule has 14 aromatic rings. The molecule has 0 radical (unpaired) electrons. The molecule has 7 nitrogen and oxygen atoms in total. The van der Waals surface area contributed by atoms with Gasteiger partial charge in [-0.05, 0) is 106 Å². The Morgan fingerprint density at radius 1 is 0.189 bits per heavy atom. The Hall–Kier alpha value is -10.1. The first-order valence-corrected chi connectivity index (χ1v) is 24.6. The van der Waals surface area contributed by atoms with Gasteiger partial charge in [0, 0.05) is 54.9 Å². The van der Waals surface area contributed by atoms with Crippen LogP contribution < -0.4 is 0 Å². The van der Waals surface area contributed by atoms with Crippen molar-refractivity contribution < 1.29 is 8.83 Å². The second-order valence-corrected chi connectivity index (χ2v) is 18.4. The van der Waals surface area contributed by atoms with Crippen LogP contribution >= 0.6 is 0 Å². The third kappa shape index (κ3) is 7.95. The van der Waals surface area contributed by atoms with Crippen molar-refractivity contribution in [3.8, 4) is 101 Å². The SMILES string of the molecule is c1ccc(-c2cc(-c3ccccc3)cc(-c3cc(-c4cccc(-c5cccc(-c6nc(-c7ccc8c(c7)oc7ccccc78)nc(-c7ccc8c(c7)oc7ccccc78)n6)c5)c4)nc(-c4ccccc4)n3)c2)cc1. The maximum absolute atomic E-state index is 6.34. The summed E-state index contributed by atoms with van der Waals surface area (Å²) in [4.78, 5) is 26.0. The molecule has 74 heavy (non-hydrogen) atoms. The summed E-state index contributed by atoms with van der Waals surface area (Å²) in [5.74, 6) is 2.25. The molecule has 0 saturated heterocycles. The van der Waals surface area contributed by atoms with Crippen molar-refractivity contribution in [3.63, 3.8) is 0 Å². The number of furan rings is 2. The number of para-hydroxylation sites is 2. The molecular formula is C67H41N5O2. The zero-order valence-electron chi connectivity index (χ0n) is 39.7. The maximum atomic E-state index is 6.34. The Kier molecular flexibility index (Phi) is 10.4. The lowest BCUT2D eigenvalue weighted by atomic mass is 9.94. The van der Waals surface area contributed by atoms with E-state index in [-0.39, 0.29) is 0 Å². The lowest BCUT2D eigenvalue weighted by molar-refractivity contribution is 0.668. The molecule has 0 aliphatic rings. The Bertz CT molecular complexity index is 4240. The predicted octanol–water partition coefficient (Wildman–Crippen LogP) is 17.5. The molecule has 4 heterocycles. The van der Waals surface area contributed by atoms with E-state index in [0.717, 1.165) is 122 Å². The monoisotopic (exact) mass is 947 g/mol. The second-order valence-electron chi connectivity index (χ2n) is 18.4. The first-order valence-electron chi connectivity index (χ1n) is 24.6. The van der Waals surface area contributed by atoms with Crippen LogP contribution in [0.2, 0.25) is 0 Å². The smallest absolute Gasteiger partial charge is 0.164 e. The van der Waals surface area contributed by atoms with Gasteiger partial charge >= 0.3 is 0 Å². The van der Waals surface area contributed by atoms with Gasteiger partial charge in [-0.2, -0.15) is 0 Å². The summed E-state index contributed by atoms with van der Waals surface area (Å²) in [5, 5.41) is 4.20. The largest absolute Gasteiger partial charge is 0.456 e. The first-order chi connectivity index (χ1) is 36.6. The highest BCUT2D eigenvalue weighted by Gasteiger charge is 2.19. The highest BCUT2D eigenvalue weighted by molar-refractivity contribution is 6.07. The van der Waals surface area contributed by atoms with Gasteiger partial charge in [0.1, 0.15) is 22.3 Å². The summed E-state index contributed by atoms with van der Waals surface area (Å²) in [5.41, 5.74) is 16.7. The van der Waals surface area contributed by atoms with E-state index < -0.39 is 0 Å². The third-order valence-electron chi connectivity index (χ3n) is 13.7. The molecule has 0 saturated carbocycles. The number of hydrogen-bond acceptors (Lipinski definition) is 7. The van der Waals surface area contributed by atoms with Crippen molar-refractivity contribution in [2.75, 3.05) is 0 Å². The van der Waals surface area contributed by atoms with Crippen molar-refractivity contribution in [2.24, 2.45) is 0 Å². The van der Waals surface area contributed by atoms with Gasteiger partial charge in [-0.25, -0.2) is 24.9 Å². The number of nitrogens with zero attached hydrogens (tertiary/aromatic N) is 5. The Morgan fingerprint density at radius 2 is 0.541 bits per heavy atom. The summed E-state index contributed by atoms with van der Waals surface area (Å²) in [6.45, 7) is 0. The molecule has 14 rings (SSSR count). The molecule has 0 spiro atoms. The molecule has 0 fully saturated rings. The summed E-state index contributed by atoms with van der Waals surface area (Å²) >= 11 is 0. The normalized spacial score (nSPS) is 11.5. The fourth-order valence-electron chi connectivity index (χ4n) is 10.0. The predicted molar refractivity (Wildman–Crippen MR) is 299 cm³/mol. The van der Waals surface area contributed by atoms with Gasteiger partial charge in [0.15, 0.2) is 23.3 Å². The first kappa shape index (κ1) is 42.7. The van der Waals surface area contributed by atoms with E-state index in [1.54, 1.807) is 0 Å². The average Bonchev–Trinajstić information content (AvgIpc) is 4.05. The number of rotatable bonds is 9. The average molecular weight is 948 g/mol. The van der Waals surface area contributed by atoms with E-state index in [4.69, 9.17) is 33.8 Å². The molecule has 0 unspecified atom stereocenters. The molecule has 0 bridgehead atoms. The summed E-state index contributed by atoms with van der Waals surface area (Å²) in [6, 6.07) is 85.5. The van der Waals surface area contributed by atoms with Crippen LogP contribution in [0.25, 0.3) is 145 Å². The van der Waals surface area contributed by atoms with Crippen molar-refractivity contribution in [3.05, 3.63) is 249 Å².